The molecule has 0 bridgehead atoms. The fourth-order valence-corrected chi connectivity index (χ4v) is 3.89. The van der Waals surface area contributed by atoms with Gasteiger partial charge in [0.25, 0.3) is 0 Å². The molecule has 1 aliphatic carbocycles. The first kappa shape index (κ1) is 19.2. The molecule has 0 atom stereocenters. The number of carbonyl (C=O) groups is 2. The molecule has 0 radical (unpaired) electrons. The van der Waals surface area contributed by atoms with Crippen LogP contribution in [0.5, 0.6) is 0 Å². The zero-order valence-corrected chi connectivity index (χ0v) is 15.0. The van der Waals surface area contributed by atoms with Crippen LogP contribution in [0.25, 0.3) is 0 Å². The standard InChI is InChI=1S/C18H33N3O3/c1-24-14-18(7-9-19-10-8-18)13-21-17(23)12-20-16(22)11-15-5-3-2-4-6-15/h15,19H,2-14H2,1H3,(H,20,22)(H,21,23). The zero-order valence-electron chi connectivity index (χ0n) is 15.0. The van der Waals surface area contributed by atoms with Gasteiger partial charge in [-0.15, -0.1) is 0 Å². The van der Waals surface area contributed by atoms with Gasteiger partial charge in [-0.25, -0.2) is 0 Å². The molecule has 2 fully saturated rings. The smallest absolute Gasteiger partial charge is 0.239 e. The minimum atomic E-state index is -0.110. The van der Waals surface area contributed by atoms with Crippen molar-refractivity contribution in [1.82, 2.24) is 16.0 Å². The summed E-state index contributed by atoms with van der Waals surface area (Å²) in [5, 5.41) is 9.08. The summed E-state index contributed by atoms with van der Waals surface area (Å²) in [6.07, 6.45) is 8.60. The van der Waals surface area contributed by atoms with Crippen LogP contribution in [0.15, 0.2) is 0 Å². The molecule has 0 spiro atoms. The van der Waals surface area contributed by atoms with E-state index in [2.05, 4.69) is 16.0 Å². The van der Waals surface area contributed by atoms with Crippen LogP contribution in [0.4, 0.5) is 0 Å². The summed E-state index contributed by atoms with van der Waals surface area (Å²) in [7, 11) is 1.71. The van der Waals surface area contributed by atoms with E-state index in [0.717, 1.165) is 38.8 Å². The quantitative estimate of drug-likeness (QED) is 0.621. The van der Waals surface area contributed by atoms with Crippen molar-refractivity contribution in [2.24, 2.45) is 11.3 Å². The lowest BCUT2D eigenvalue weighted by Crippen LogP contribution is -2.48. The maximum absolute atomic E-state index is 12.0. The van der Waals surface area contributed by atoms with E-state index in [4.69, 9.17) is 4.74 Å². The Morgan fingerprint density at radius 2 is 1.79 bits per heavy atom. The van der Waals surface area contributed by atoms with Crippen LogP contribution in [0.1, 0.15) is 51.4 Å². The number of hydrogen-bond donors (Lipinski definition) is 3. The first-order valence-electron chi connectivity index (χ1n) is 9.37. The number of ether oxygens (including phenoxy) is 1. The molecule has 2 aliphatic rings. The molecule has 138 valence electrons. The molecule has 6 nitrogen and oxygen atoms in total. The third-order valence-corrected chi connectivity index (χ3v) is 5.42. The normalized spacial score (nSPS) is 21.2. The molecule has 0 unspecified atom stereocenters. The van der Waals surface area contributed by atoms with Gasteiger partial charge in [0.15, 0.2) is 0 Å². The minimum Gasteiger partial charge on any atom is -0.384 e. The van der Waals surface area contributed by atoms with Gasteiger partial charge in [-0.05, 0) is 44.7 Å². The van der Waals surface area contributed by atoms with Crippen molar-refractivity contribution in [3.63, 3.8) is 0 Å². The number of nitrogens with one attached hydrogen (secondary N) is 3. The van der Waals surface area contributed by atoms with Gasteiger partial charge in [0.2, 0.25) is 11.8 Å². The fourth-order valence-electron chi connectivity index (χ4n) is 3.89. The SMILES string of the molecule is COCC1(CNC(=O)CNC(=O)CC2CCCCC2)CCNCC1. The molecule has 1 saturated carbocycles. The van der Waals surface area contributed by atoms with Gasteiger partial charge in [-0.1, -0.05) is 19.3 Å². The maximum atomic E-state index is 12.0. The molecule has 24 heavy (non-hydrogen) atoms. The average Bonchev–Trinajstić information content (AvgIpc) is 2.60. The Hall–Kier alpha value is -1.14. The number of carbonyl (C=O) groups excluding carboxylic acids is 2. The second kappa shape index (κ2) is 9.99. The number of amides is 2. The first-order chi connectivity index (χ1) is 11.6. The lowest BCUT2D eigenvalue weighted by atomic mass is 9.79. The Bertz CT molecular complexity index is 397. The van der Waals surface area contributed by atoms with Crippen LogP contribution in [-0.4, -0.2) is 51.7 Å². The molecular weight excluding hydrogens is 306 g/mol. The largest absolute Gasteiger partial charge is 0.384 e. The molecule has 1 heterocycles. The topological polar surface area (TPSA) is 79.5 Å². The summed E-state index contributed by atoms with van der Waals surface area (Å²) in [4.78, 5) is 24.0. The van der Waals surface area contributed by atoms with E-state index in [9.17, 15) is 9.59 Å². The van der Waals surface area contributed by atoms with Gasteiger partial charge in [-0.3, -0.25) is 9.59 Å². The predicted molar refractivity (Wildman–Crippen MR) is 93.6 cm³/mol. The monoisotopic (exact) mass is 339 g/mol. The van der Waals surface area contributed by atoms with Crippen molar-refractivity contribution in [3.8, 4) is 0 Å². The van der Waals surface area contributed by atoms with Crippen molar-refractivity contribution in [2.45, 2.75) is 51.4 Å². The molecule has 0 aromatic carbocycles. The van der Waals surface area contributed by atoms with Gasteiger partial charge in [0.05, 0.1) is 13.2 Å². The second-order valence-corrected chi connectivity index (χ2v) is 7.44. The Morgan fingerprint density at radius 3 is 2.46 bits per heavy atom. The lowest BCUT2D eigenvalue weighted by Gasteiger charge is -2.37. The van der Waals surface area contributed by atoms with E-state index in [1.165, 1.54) is 19.3 Å². The Kier molecular flexibility index (Phi) is 7.99. The van der Waals surface area contributed by atoms with Crippen LogP contribution in [0.3, 0.4) is 0 Å². The van der Waals surface area contributed by atoms with Crippen molar-refractivity contribution < 1.29 is 14.3 Å². The van der Waals surface area contributed by atoms with Crippen LogP contribution < -0.4 is 16.0 Å². The molecule has 1 aliphatic heterocycles. The molecule has 1 saturated heterocycles. The fraction of sp³-hybridized carbons (Fsp3) is 0.889. The van der Waals surface area contributed by atoms with Gasteiger partial charge < -0.3 is 20.7 Å². The summed E-state index contributed by atoms with van der Waals surface area (Å²) in [6, 6.07) is 0. The van der Waals surface area contributed by atoms with E-state index in [1.54, 1.807) is 7.11 Å². The first-order valence-corrected chi connectivity index (χ1v) is 9.37. The van der Waals surface area contributed by atoms with Crippen molar-refractivity contribution in [1.29, 1.82) is 0 Å². The Balaban J connectivity index is 1.65. The Labute approximate surface area is 145 Å². The molecule has 0 aromatic rings. The van der Waals surface area contributed by atoms with Gasteiger partial charge in [0.1, 0.15) is 0 Å². The number of methoxy groups -OCH3 is 1. The summed E-state index contributed by atoms with van der Waals surface area (Å²) >= 11 is 0. The second-order valence-electron chi connectivity index (χ2n) is 7.44. The molecule has 2 rings (SSSR count). The highest BCUT2D eigenvalue weighted by atomic mass is 16.5. The van der Waals surface area contributed by atoms with Gasteiger partial charge >= 0.3 is 0 Å². The predicted octanol–water partition coefficient (Wildman–Crippen LogP) is 1.21. The molecule has 3 N–H and O–H groups in total. The van der Waals surface area contributed by atoms with Crippen LogP contribution in [0.2, 0.25) is 0 Å². The van der Waals surface area contributed by atoms with E-state index in [-0.39, 0.29) is 23.8 Å². The highest BCUT2D eigenvalue weighted by Crippen LogP contribution is 2.28. The van der Waals surface area contributed by atoms with Gasteiger partial charge in [0, 0.05) is 25.5 Å². The third-order valence-electron chi connectivity index (χ3n) is 5.42. The van der Waals surface area contributed by atoms with E-state index in [1.807, 2.05) is 0 Å². The van der Waals surface area contributed by atoms with Crippen molar-refractivity contribution in [2.75, 3.05) is 39.9 Å². The number of rotatable bonds is 8. The van der Waals surface area contributed by atoms with Crippen LogP contribution >= 0.6 is 0 Å². The Morgan fingerprint density at radius 1 is 1.08 bits per heavy atom. The summed E-state index contributed by atoms with van der Waals surface area (Å²) < 4.78 is 5.35. The highest BCUT2D eigenvalue weighted by molar-refractivity contribution is 5.84. The van der Waals surface area contributed by atoms with Crippen LogP contribution in [0, 0.1) is 11.3 Å². The third kappa shape index (κ3) is 6.40. The molecule has 2 amide bonds. The van der Waals surface area contributed by atoms with Crippen molar-refractivity contribution >= 4 is 11.8 Å². The van der Waals surface area contributed by atoms with E-state index in [0.29, 0.717) is 25.5 Å². The maximum Gasteiger partial charge on any atom is 0.239 e. The summed E-state index contributed by atoms with van der Waals surface area (Å²) in [6.45, 7) is 3.25. The van der Waals surface area contributed by atoms with Crippen LogP contribution in [-0.2, 0) is 14.3 Å². The minimum absolute atomic E-state index is 0.00511. The molecule has 0 aromatic heterocycles. The van der Waals surface area contributed by atoms with Gasteiger partial charge in [-0.2, -0.15) is 0 Å². The number of hydrogen-bond acceptors (Lipinski definition) is 4. The summed E-state index contributed by atoms with van der Waals surface area (Å²) in [5.74, 6) is 0.396. The van der Waals surface area contributed by atoms with E-state index < -0.39 is 0 Å². The average molecular weight is 339 g/mol. The zero-order chi connectivity index (χ0) is 17.3. The number of piperidine rings is 1. The van der Waals surface area contributed by atoms with E-state index >= 15 is 0 Å². The van der Waals surface area contributed by atoms with Crippen molar-refractivity contribution in [3.05, 3.63) is 0 Å². The molecule has 6 heteroatoms. The highest BCUT2D eigenvalue weighted by Gasteiger charge is 2.32. The lowest BCUT2D eigenvalue weighted by molar-refractivity contribution is -0.127. The summed E-state index contributed by atoms with van der Waals surface area (Å²) in [5.41, 5.74) is 0.0156. The molecular formula is C18H33N3O3.